The number of rotatable bonds is 3. The fourth-order valence-electron chi connectivity index (χ4n) is 0.973. The molecule has 1 aromatic rings. The number of nitrogens with zero attached hydrogens (tertiary/aromatic N) is 1. The van der Waals surface area contributed by atoms with Crippen molar-refractivity contribution in [2.75, 3.05) is 6.26 Å². The van der Waals surface area contributed by atoms with Gasteiger partial charge < -0.3 is 4.72 Å². The lowest BCUT2D eigenvalue weighted by Crippen LogP contribution is -1.93. The molecule has 1 aromatic carbocycles. The minimum atomic E-state index is -3.41. The van der Waals surface area contributed by atoms with Gasteiger partial charge in [0.2, 0.25) is 0 Å². The van der Waals surface area contributed by atoms with Crippen LogP contribution in [0.2, 0.25) is 0 Å². The minimum absolute atomic E-state index is 0.115. The summed E-state index contributed by atoms with van der Waals surface area (Å²) in [6, 6.07) is 6.20. The normalized spacial score (nSPS) is 11.0. The van der Waals surface area contributed by atoms with E-state index in [1.165, 1.54) is 19.1 Å². The van der Waals surface area contributed by atoms with E-state index in [1.807, 2.05) is 0 Å². The summed E-state index contributed by atoms with van der Waals surface area (Å²) in [5.74, 6) is -0.115. The van der Waals surface area contributed by atoms with Crippen molar-refractivity contribution in [3.8, 4) is 0 Å². The molecule has 0 atom stereocenters. The Morgan fingerprint density at radius 3 is 2.50 bits per heavy atom. The maximum Gasteiger partial charge on any atom is 0.159 e. The maximum absolute atomic E-state index is 11.0. The first-order valence-electron chi connectivity index (χ1n) is 3.92. The quantitative estimate of drug-likeness (QED) is 0.718. The highest BCUT2D eigenvalue weighted by molar-refractivity contribution is 7.93. The fraction of sp³-hybridized carbons (Fsp3) is 0.222. The van der Waals surface area contributed by atoms with Gasteiger partial charge in [-0.2, -0.15) is 0 Å². The summed E-state index contributed by atoms with van der Waals surface area (Å²) in [6.07, 6.45) is 1.01. The van der Waals surface area contributed by atoms with Gasteiger partial charge in [0.15, 0.2) is 5.78 Å². The molecule has 0 fully saturated rings. The van der Waals surface area contributed by atoms with Gasteiger partial charge in [-0.3, -0.25) is 4.79 Å². The topological polar surface area (TPSA) is 65.3 Å². The van der Waals surface area contributed by atoms with E-state index in [0.29, 0.717) is 5.56 Å². The molecule has 5 heteroatoms. The van der Waals surface area contributed by atoms with Crippen LogP contribution < -0.4 is 0 Å². The Morgan fingerprint density at radius 2 is 2.00 bits per heavy atom. The van der Waals surface area contributed by atoms with E-state index in [-0.39, 0.29) is 11.5 Å². The van der Waals surface area contributed by atoms with Crippen molar-refractivity contribution in [2.45, 2.75) is 6.92 Å². The molecule has 76 valence electrons. The first-order chi connectivity index (χ1) is 6.38. The molecule has 0 spiro atoms. The van der Waals surface area contributed by atoms with Crippen molar-refractivity contribution in [1.29, 1.82) is 0 Å². The maximum atomic E-state index is 11.0. The number of benzene rings is 1. The van der Waals surface area contributed by atoms with Gasteiger partial charge >= 0.3 is 0 Å². The molecular formula is C9H10NO3S-. The summed E-state index contributed by atoms with van der Waals surface area (Å²) in [7, 11) is -3.41. The molecule has 0 aliphatic rings. The van der Waals surface area contributed by atoms with Crippen LogP contribution in [0.3, 0.4) is 0 Å². The third-order valence-electron chi connectivity index (χ3n) is 1.52. The summed E-state index contributed by atoms with van der Waals surface area (Å²) in [5.41, 5.74) is 0.732. The molecule has 0 saturated heterocycles. The zero-order valence-corrected chi connectivity index (χ0v) is 8.71. The molecule has 0 aromatic heterocycles. The standard InChI is InChI=1S/C9H10NO3S/c1-7(11)8-4-3-5-9(6-8)10-14(2,12)13/h3-6H,1-2H3/q-1. The lowest BCUT2D eigenvalue weighted by molar-refractivity contribution is 0.101. The summed E-state index contributed by atoms with van der Waals surface area (Å²) in [5, 5.41) is 0. The zero-order valence-electron chi connectivity index (χ0n) is 7.89. The smallest absolute Gasteiger partial charge is 0.159 e. The number of hydrogen-bond acceptors (Lipinski definition) is 3. The molecule has 0 aliphatic heterocycles. The van der Waals surface area contributed by atoms with Crippen LogP contribution in [0, 0.1) is 0 Å². The third-order valence-corrected chi connectivity index (χ3v) is 2.07. The molecule has 4 nitrogen and oxygen atoms in total. The second-order valence-corrected chi connectivity index (χ2v) is 4.58. The van der Waals surface area contributed by atoms with E-state index >= 15 is 0 Å². The van der Waals surface area contributed by atoms with Crippen LogP contribution in [0.15, 0.2) is 24.3 Å². The average Bonchev–Trinajstić information content (AvgIpc) is 2.01. The van der Waals surface area contributed by atoms with E-state index in [4.69, 9.17) is 0 Å². The van der Waals surface area contributed by atoms with Gasteiger partial charge in [-0.05, 0) is 6.92 Å². The van der Waals surface area contributed by atoms with Crippen molar-refractivity contribution in [3.05, 3.63) is 34.6 Å². The van der Waals surface area contributed by atoms with E-state index < -0.39 is 10.0 Å². The lowest BCUT2D eigenvalue weighted by Gasteiger charge is -2.18. The molecule has 1 rings (SSSR count). The predicted molar refractivity (Wildman–Crippen MR) is 54.3 cm³/mol. The van der Waals surface area contributed by atoms with E-state index in [0.717, 1.165) is 6.26 Å². The molecule has 0 amide bonds. The van der Waals surface area contributed by atoms with Crippen molar-refractivity contribution in [3.63, 3.8) is 0 Å². The Kier molecular flexibility index (Phi) is 2.90. The average molecular weight is 212 g/mol. The van der Waals surface area contributed by atoms with Crippen molar-refractivity contribution in [1.82, 2.24) is 0 Å². The molecule has 14 heavy (non-hydrogen) atoms. The van der Waals surface area contributed by atoms with Crippen molar-refractivity contribution >= 4 is 21.5 Å². The van der Waals surface area contributed by atoms with Crippen LogP contribution in [0.1, 0.15) is 17.3 Å². The second kappa shape index (κ2) is 3.79. The highest BCUT2D eigenvalue weighted by Gasteiger charge is 1.97. The zero-order chi connectivity index (χ0) is 10.8. The van der Waals surface area contributed by atoms with Gasteiger partial charge in [0.05, 0.1) is 10.0 Å². The number of hydrogen-bond donors (Lipinski definition) is 0. The van der Waals surface area contributed by atoms with Crippen molar-refractivity contribution in [2.24, 2.45) is 0 Å². The molecule has 0 radical (unpaired) electrons. The number of Topliss-reactive ketones (excluding diaryl/α,β-unsaturated/α-hetero) is 1. The van der Waals surface area contributed by atoms with E-state index in [2.05, 4.69) is 4.72 Å². The van der Waals surface area contributed by atoms with Crippen molar-refractivity contribution < 1.29 is 13.2 Å². The number of carbonyl (C=O) groups excluding carboxylic acids is 1. The van der Waals surface area contributed by atoms with Crippen LogP contribution in [0.4, 0.5) is 5.69 Å². The molecular weight excluding hydrogens is 202 g/mol. The second-order valence-electron chi connectivity index (χ2n) is 2.93. The van der Waals surface area contributed by atoms with E-state index in [1.54, 1.807) is 12.1 Å². The summed E-state index contributed by atoms with van der Waals surface area (Å²) in [6.45, 7) is 1.42. The molecule has 0 aliphatic carbocycles. The monoisotopic (exact) mass is 212 g/mol. The predicted octanol–water partition coefficient (Wildman–Crippen LogP) is 1.85. The highest BCUT2D eigenvalue weighted by Crippen LogP contribution is 2.22. The van der Waals surface area contributed by atoms with Gasteiger partial charge in [-0.1, -0.05) is 24.3 Å². The van der Waals surface area contributed by atoms with Gasteiger partial charge in [-0.25, -0.2) is 8.42 Å². The minimum Gasteiger partial charge on any atom is -0.577 e. The third kappa shape index (κ3) is 3.18. The number of carbonyl (C=O) groups is 1. The first kappa shape index (κ1) is 10.7. The Bertz CT molecular complexity index is 451. The van der Waals surface area contributed by atoms with Crippen LogP contribution in [-0.2, 0) is 10.0 Å². The fourth-order valence-corrected chi connectivity index (χ4v) is 1.47. The number of ketones is 1. The highest BCUT2D eigenvalue weighted by atomic mass is 32.2. The Labute approximate surface area is 83.0 Å². The molecule has 0 heterocycles. The summed E-state index contributed by atoms with van der Waals surface area (Å²) < 4.78 is 25.1. The van der Waals surface area contributed by atoms with Gasteiger partial charge in [0, 0.05) is 11.8 Å². The molecule has 0 bridgehead atoms. The summed E-state index contributed by atoms with van der Waals surface area (Å²) in [4.78, 5) is 11.0. The van der Waals surface area contributed by atoms with Crippen LogP contribution >= 0.6 is 0 Å². The molecule has 0 unspecified atom stereocenters. The molecule has 0 N–H and O–H groups in total. The molecule has 0 saturated carbocycles. The number of sulfonamides is 1. The van der Waals surface area contributed by atoms with Gasteiger partial charge in [0.1, 0.15) is 0 Å². The Morgan fingerprint density at radius 1 is 1.36 bits per heavy atom. The van der Waals surface area contributed by atoms with Gasteiger partial charge in [-0.15, -0.1) is 5.69 Å². The first-order valence-corrected chi connectivity index (χ1v) is 5.77. The lowest BCUT2D eigenvalue weighted by atomic mass is 10.1. The van der Waals surface area contributed by atoms with E-state index in [9.17, 15) is 13.2 Å². The SMILES string of the molecule is CC(=O)c1cccc([N-]S(C)(=O)=O)c1. The van der Waals surface area contributed by atoms with Crippen LogP contribution in [-0.4, -0.2) is 20.5 Å². The van der Waals surface area contributed by atoms with Crippen LogP contribution in [0.5, 0.6) is 0 Å². The summed E-state index contributed by atoms with van der Waals surface area (Å²) >= 11 is 0. The van der Waals surface area contributed by atoms with Gasteiger partial charge in [0.25, 0.3) is 0 Å². The Hall–Kier alpha value is -1.36. The van der Waals surface area contributed by atoms with Crippen LogP contribution in [0.25, 0.3) is 4.72 Å². The Balaban J connectivity index is 3.01. The largest absolute Gasteiger partial charge is 0.577 e.